The predicted octanol–water partition coefficient (Wildman–Crippen LogP) is 2.15. The molecule has 0 spiro atoms. The fraction of sp³-hybridized carbons (Fsp3) is 0.556. The van der Waals surface area contributed by atoms with Crippen LogP contribution in [-0.4, -0.2) is 36.7 Å². The lowest BCUT2D eigenvalue weighted by atomic mass is 9.80. The summed E-state index contributed by atoms with van der Waals surface area (Å²) >= 11 is 0. The van der Waals surface area contributed by atoms with Gasteiger partial charge in [0, 0.05) is 19.8 Å². The largest absolute Gasteiger partial charge is 0.481 e. The van der Waals surface area contributed by atoms with Crippen molar-refractivity contribution in [2.24, 2.45) is 10.8 Å². The fourth-order valence-electron chi connectivity index (χ4n) is 3.31. The van der Waals surface area contributed by atoms with Crippen LogP contribution in [0.4, 0.5) is 4.39 Å². The molecule has 24 heavy (non-hydrogen) atoms. The molecule has 5 nitrogen and oxygen atoms in total. The van der Waals surface area contributed by atoms with Crippen LogP contribution in [0.3, 0.4) is 0 Å². The van der Waals surface area contributed by atoms with Crippen LogP contribution in [0.1, 0.15) is 31.2 Å². The van der Waals surface area contributed by atoms with Crippen LogP contribution in [0, 0.1) is 16.6 Å². The third kappa shape index (κ3) is 3.29. The summed E-state index contributed by atoms with van der Waals surface area (Å²) < 4.78 is 19.1. The van der Waals surface area contributed by atoms with Crippen molar-refractivity contribution in [3.63, 3.8) is 0 Å². The zero-order chi connectivity index (χ0) is 17.2. The lowest BCUT2D eigenvalue weighted by molar-refractivity contribution is -0.154. The van der Waals surface area contributed by atoms with Crippen LogP contribution in [-0.2, 0) is 20.7 Å². The Morgan fingerprint density at radius 1 is 1.12 bits per heavy atom. The fourth-order valence-corrected chi connectivity index (χ4v) is 3.31. The molecule has 1 saturated heterocycles. The lowest BCUT2D eigenvalue weighted by Gasteiger charge is -2.33. The van der Waals surface area contributed by atoms with Crippen molar-refractivity contribution >= 4 is 11.9 Å². The number of carbonyl (C=O) groups excluding carboxylic acids is 1. The van der Waals surface area contributed by atoms with Gasteiger partial charge in [-0.2, -0.15) is 0 Å². The highest BCUT2D eigenvalue weighted by Crippen LogP contribution is 2.49. The molecule has 1 aromatic rings. The molecule has 0 unspecified atom stereocenters. The molecule has 1 aliphatic heterocycles. The maximum atomic E-state index is 13.8. The summed E-state index contributed by atoms with van der Waals surface area (Å²) in [5.41, 5.74) is -1.01. The highest BCUT2D eigenvalue weighted by molar-refractivity contribution is 5.86. The summed E-state index contributed by atoms with van der Waals surface area (Å²) in [5.74, 6) is -1.37. The molecule has 3 rings (SSSR count). The van der Waals surface area contributed by atoms with Crippen molar-refractivity contribution in [2.45, 2.75) is 32.1 Å². The topological polar surface area (TPSA) is 75.6 Å². The van der Waals surface area contributed by atoms with Gasteiger partial charge in [-0.15, -0.1) is 0 Å². The summed E-state index contributed by atoms with van der Waals surface area (Å²) in [6.45, 7) is 0.884. The van der Waals surface area contributed by atoms with Gasteiger partial charge in [0.2, 0.25) is 5.91 Å². The Kier molecular flexibility index (Phi) is 4.58. The molecule has 130 valence electrons. The summed E-state index contributed by atoms with van der Waals surface area (Å²) in [6.07, 6.45) is 2.55. The van der Waals surface area contributed by atoms with Crippen LogP contribution in [0.15, 0.2) is 24.3 Å². The van der Waals surface area contributed by atoms with E-state index in [4.69, 9.17) is 4.74 Å². The van der Waals surface area contributed by atoms with Gasteiger partial charge in [-0.3, -0.25) is 9.59 Å². The Hall–Kier alpha value is -1.95. The number of halogens is 1. The number of aliphatic carboxylic acids is 1. The van der Waals surface area contributed by atoms with Gasteiger partial charge in [0.05, 0.1) is 10.8 Å². The van der Waals surface area contributed by atoms with Crippen molar-refractivity contribution in [1.29, 1.82) is 0 Å². The van der Waals surface area contributed by atoms with E-state index < -0.39 is 16.8 Å². The average molecular weight is 335 g/mol. The summed E-state index contributed by atoms with van der Waals surface area (Å²) in [7, 11) is 0. The van der Waals surface area contributed by atoms with Crippen LogP contribution in [0.2, 0.25) is 0 Å². The first kappa shape index (κ1) is 16.9. The first-order valence-electron chi connectivity index (χ1n) is 8.30. The van der Waals surface area contributed by atoms with E-state index in [9.17, 15) is 19.1 Å². The van der Waals surface area contributed by atoms with Crippen molar-refractivity contribution in [3.8, 4) is 0 Å². The van der Waals surface area contributed by atoms with Gasteiger partial charge < -0.3 is 15.2 Å². The number of carbonyl (C=O) groups is 2. The Morgan fingerprint density at radius 2 is 1.79 bits per heavy atom. The maximum absolute atomic E-state index is 13.8. The highest BCUT2D eigenvalue weighted by Gasteiger charge is 2.51. The van der Waals surface area contributed by atoms with Crippen molar-refractivity contribution in [3.05, 3.63) is 35.6 Å². The predicted molar refractivity (Wildman–Crippen MR) is 84.9 cm³/mol. The number of nitrogens with one attached hydrogen (secondary N) is 1. The quantitative estimate of drug-likeness (QED) is 0.835. The van der Waals surface area contributed by atoms with Crippen LogP contribution < -0.4 is 5.32 Å². The maximum Gasteiger partial charge on any atom is 0.311 e. The van der Waals surface area contributed by atoms with Gasteiger partial charge in [-0.1, -0.05) is 18.2 Å². The Labute approximate surface area is 140 Å². The van der Waals surface area contributed by atoms with Gasteiger partial charge in [-0.25, -0.2) is 4.39 Å². The third-order valence-electron chi connectivity index (χ3n) is 5.31. The zero-order valence-electron chi connectivity index (χ0n) is 13.5. The Bertz CT molecular complexity index is 636. The molecule has 6 heteroatoms. The molecule has 0 radical (unpaired) electrons. The number of rotatable bonds is 6. The van der Waals surface area contributed by atoms with Crippen molar-refractivity contribution < 1.29 is 23.8 Å². The van der Waals surface area contributed by atoms with Gasteiger partial charge in [0.15, 0.2) is 0 Å². The number of hydrogen-bond donors (Lipinski definition) is 2. The number of ether oxygens (including phenoxy) is 1. The summed E-state index contributed by atoms with van der Waals surface area (Å²) in [5, 5.41) is 12.4. The van der Waals surface area contributed by atoms with Gasteiger partial charge in [0.25, 0.3) is 0 Å². The number of hydrogen-bond acceptors (Lipinski definition) is 3. The van der Waals surface area contributed by atoms with Gasteiger partial charge in [-0.05, 0) is 43.7 Å². The van der Waals surface area contributed by atoms with E-state index in [0.717, 1.165) is 0 Å². The molecule has 1 saturated carbocycles. The van der Waals surface area contributed by atoms with E-state index >= 15 is 0 Å². The number of carboxylic acids is 1. The zero-order valence-corrected chi connectivity index (χ0v) is 13.5. The van der Waals surface area contributed by atoms with Crippen molar-refractivity contribution in [2.75, 3.05) is 19.8 Å². The minimum absolute atomic E-state index is 0.101. The molecule has 1 aliphatic carbocycles. The molecular weight excluding hydrogens is 313 g/mol. The van der Waals surface area contributed by atoms with Crippen LogP contribution >= 0.6 is 0 Å². The van der Waals surface area contributed by atoms with E-state index in [1.165, 1.54) is 6.07 Å². The third-order valence-corrected chi connectivity index (χ3v) is 5.31. The van der Waals surface area contributed by atoms with E-state index in [2.05, 4.69) is 5.32 Å². The highest BCUT2D eigenvalue weighted by atomic mass is 19.1. The normalized spacial score (nSPS) is 21.0. The average Bonchev–Trinajstić information content (AvgIpc) is 3.36. The summed E-state index contributed by atoms with van der Waals surface area (Å²) in [6, 6.07) is 6.47. The first-order chi connectivity index (χ1) is 11.5. The van der Waals surface area contributed by atoms with Crippen molar-refractivity contribution in [1.82, 2.24) is 5.32 Å². The van der Waals surface area contributed by atoms with E-state index in [1.807, 2.05) is 0 Å². The van der Waals surface area contributed by atoms with E-state index in [1.54, 1.807) is 18.2 Å². The van der Waals surface area contributed by atoms with E-state index in [-0.39, 0.29) is 18.3 Å². The molecule has 2 N–H and O–H groups in total. The minimum atomic E-state index is -0.956. The molecule has 0 bridgehead atoms. The second-order valence-corrected chi connectivity index (χ2v) is 6.93. The number of benzene rings is 1. The molecule has 2 aliphatic rings. The smallest absolute Gasteiger partial charge is 0.311 e. The Balaban J connectivity index is 1.64. The molecule has 1 aromatic carbocycles. The molecule has 1 heterocycles. The van der Waals surface area contributed by atoms with E-state index in [0.29, 0.717) is 50.9 Å². The molecule has 1 amide bonds. The Morgan fingerprint density at radius 3 is 2.38 bits per heavy atom. The standard InChI is InChI=1S/C18H22FNO4/c19-14-4-2-1-3-13(14)11-17(5-6-17)15(21)20-12-18(16(22)23)7-9-24-10-8-18/h1-4H,5-12H2,(H,20,21)(H,22,23). The SMILES string of the molecule is O=C(O)C1(CNC(=O)C2(Cc3ccccc3F)CC2)CCOCC1. The molecular formula is C18H22FNO4. The molecule has 0 aromatic heterocycles. The second-order valence-electron chi connectivity index (χ2n) is 6.93. The molecule has 2 fully saturated rings. The minimum Gasteiger partial charge on any atom is -0.481 e. The number of carboxylic acid groups (broad SMARTS) is 1. The van der Waals surface area contributed by atoms with Crippen LogP contribution in [0.5, 0.6) is 0 Å². The summed E-state index contributed by atoms with van der Waals surface area (Å²) in [4.78, 5) is 24.2. The monoisotopic (exact) mass is 335 g/mol. The lowest BCUT2D eigenvalue weighted by Crippen LogP contribution is -2.48. The molecule has 0 atom stereocenters. The first-order valence-corrected chi connectivity index (χ1v) is 8.30. The van der Waals surface area contributed by atoms with Gasteiger partial charge >= 0.3 is 5.97 Å². The second kappa shape index (κ2) is 6.51. The van der Waals surface area contributed by atoms with Gasteiger partial charge in [0.1, 0.15) is 5.82 Å². The van der Waals surface area contributed by atoms with Crippen LogP contribution in [0.25, 0.3) is 0 Å². The number of amides is 1.